The molecule has 0 radical (unpaired) electrons. The molecular formula is C20H18FN3OS. The lowest BCUT2D eigenvalue weighted by Gasteiger charge is -2.07. The molecule has 132 valence electrons. The fraction of sp³-hybridized carbons (Fsp3) is 0.150. The van der Waals surface area contributed by atoms with E-state index in [0.29, 0.717) is 10.7 Å². The normalized spacial score (nSPS) is 10.6. The number of aromatic nitrogens is 2. The summed E-state index contributed by atoms with van der Waals surface area (Å²) in [6, 6.07) is 15.7. The summed E-state index contributed by atoms with van der Waals surface area (Å²) in [4.78, 5) is 12.0. The molecule has 1 heterocycles. The van der Waals surface area contributed by atoms with Gasteiger partial charge in [0.2, 0.25) is 5.91 Å². The van der Waals surface area contributed by atoms with E-state index >= 15 is 0 Å². The fourth-order valence-corrected chi connectivity index (χ4v) is 3.16. The highest BCUT2D eigenvalue weighted by molar-refractivity contribution is 7.99. The summed E-state index contributed by atoms with van der Waals surface area (Å²) in [6.45, 7) is 4.10. The molecule has 0 bridgehead atoms. The SMILES string of the molecule is Cc1ccc(-c2ccc(SCC(=O)Nc3cccc(F)c3)nn2)c(C)c1. The van der Waals surface area contributed by atoms with E-state index in [0.717, 1.165) is 16.8 Å². The van der Waals surface area contributed by atoms with Crippen molar-refractivity contribution in [3.8, 4) is 11.3 Å². The van der Waals surface area contributed by atoms with Crippen molar-refractivity contribution in [2.45, 2.75) is 18.9 Å². The summed E-state index contributed by atoms with van der Waals surface area (Å²) < 4.78 is 13.1. The van der Waals surface area contributed by atoms with Gasteiger partial charge in [0.15, 0.2) is 0 Å². The number of halogens is 1. The van der Waals surface area contributed by atoms with Crippen LogP contribution in [-0.4, -0.2) is 21.9 Å². The van der Waals surface area contributed by atoms with Crippen molar-refractivity contribution in [1.82, 2.24) is 10.2 Å². The van der Waals surface area contributed by atoms with Gasteiger partial charge in [-0.2, -0.15) is 0 Å². The Bertz CT molecular complexity index is 929. The van der Waals surface area contributed by atoms with Gasteiger partial charge in [-0.15, -0.1) is 10.2 Å². The maximum absolute atomic E-state index is 13.1. The molecule has 0 aliphatic heterocycles. The molecule has 1 N–H and O–H groups in total. The summed E-state index contributed by atoms with van der Waals surface area (Å²) in [7, 11) is 0. The predicted octanol–water partition coefficient (Wildman–Crippen LogP) is 4.63. The first-order valence-electron chi connectivity index (χ1n) is 8.11. The van der Waals surface area contributed by atoms with Crippen LogP contribution in [0.2, 0.25) is 0 Å². The summed E-state index contributed by atoms with van der Waals surface area (Å²) in [5.74, 6) is -0.433. The molecule has 0 spiro atoms. The highest BCUT2D eigenvalue weighted by atomic mass is 32.2. The van der Waals surface area contributed by atoms with Crippen LogP contribution in [0.25, 0.3) is 11.3 Å². The van der Waals surface area contributed by atoms with Crippen LogP contribution in [0, 0.1) is 19.7 Å². The highest BCUT2D eigenvalue weighted by Crippen LogP contribution is 2.23. The summed E-state index contributed by atoms with van der Waals surface area (Å²) in [5, 5.41) is 11.8. The number of carbonyl (C=O) groups is 1. The first-order chi connectivity index (χ1) is 12.5. The molecule has 0 saturated heterocycles. The van der Waals surface area contributed by atoms with Gasteiger partial charge < -0.3 is 5.32 Å². The molecule has 3 rings (SSSR count). The van der Waals surface area contributed by atoms with Gasteiger partial charge in [-0.05, 0) is 49.7 Å². The van der Waals surface area contributed by atoms with E-state index in [1.165, 1.54) is 29.5 Å². The Balaban J connectivity index is 1.60. The molecule has 1 amide bonds. The third-order valence-electron chi connectivity index (χ3n) is 3.76. The molecule has 3 aromatic rings. The van der Waals surface area contributed by atoms with Gasteiger partial charge in [0, 0.05) is 11.3 Å². The highest BCUT2D eigenvalue weighted by Gasteiger charge is 2.08. The van der Waals surface area contributed by atoms with Crippen LogP contribution < -0.4 is 5.32 Å². The largest absolute Gasteiger partial charge is 0.325 e. The Morgan fingerprint density at radius 2 is 1.92 bits per heavy atom. The van der Waals surface area contributed by atoms with E-state index in [-0.39, 0.29) is 17.5 Å². The lowest BCUT2D eigenvalue weighted by atomic mass is 10.0. The zero-order valence-corrected chi connectivity index (χ0v) is 15.3. The molecule has 4 nitrogen and oxygen atoms in total. The standard InChI is InChI=1S/C20H18FN3OS/c1-13-6-7-17(14(2)10-13)18-8-9-20(24-23-18)26-12-19(25)22-16-5-3-4-15(21)11-16/h3-11H,12H2,1-2H3,(H,22,25). The number of aryl methyl sites for hydroxylation is 2. The molecule has 1 aromatic heterocycles. The Hall–Kier alpha value is -2.73. The van der Waals surface area contributed by atoms with E-state index in [1.54, 1.807) is 12.1 Å². The third kappa shape index (κ3) is 4.67. The van der Waals surface area contributed by atoms with E-state index in [1.807, 2.05) is 31.2 Å². The first kappa shape index (κ1) is 18.1. The average molecular weight is 367 g/mol. The van der Waals surface area contributed by atoms with Gasteiger partial charge in [0.05, 0.1) is 11.4 Å². The van der Waals surface area contributed by atoms with Crippen LogP contribution >= 0.6 is 11.8 Å². The number of anilines is 1. The van der Waals surface area contributed by atoms with Gasteiger partial charge in [0.1, 0.15) is 10.8 Å². The number of thioether (sulfide) groups is 1. The third-order valence-corrected chi connectivity index (χ3v) is 4.68. The number of carbonyl (C=O) groups excluding carboxylic acids is 1. The number of nitrogens with zero attached hydrogens (tertiary/aromatic N) is 2. The van der Waals surface area contributed by atoms with Crippen LogP contribution in [0.1, 0.15) is 11.1 Å². The van der Waals surface area contributed by atoms with Crippen molar-refractivity contribution in [3.63, 3.8) is 0 Å². The number of amides is 1. The van der Waals surface area contributed by atoms with Crippen LogP contribution in [0.5, 0.6) is 0 Å². The minimum atomic E-state index is -0.386. The number of hydrogen-bond acceptors (Lipinski definition) is 4. The van der Waals surface area contributed by atoms with Crippen LogP contribution in [0.4, 0.5) is 10.1 Å². The molecule has 0 unspecified atom stereocenters. The molecule has 6 heteroatoms. The van der Waals surface area contributed by atoms with Crippen molar-refractivity contribution in [3.05, 3.63) is 71.5 Å². The van der Waals surface area contributed by atoms with Crippen LogP contribution in [0.15, 0.2) is 59.6 Å². The number of nitrogens with one attached hydrogen (secondary N) is 1. The van der Waals surface area contributed by atoms with Gasteiger partial charge in [-0.1, -0.05) is 41.6 Å². The molecule has 0 saturated carbocycles. The second kappa shape index (κ2) is 8.10. The summed E-state index contributed by atoms with van der Waals surface area (Å²) in [6.07, 6.45) is 0. The Kier molecular flexibility index (Phi) is 5.63. The van der Waals surface area contributed by atoms with Crippen molar-refractivity contribution in [1.29, 1.82) is 0 Å². The smallest absolute Gasteiger partial charge is 0.234 e. The number of hydrogen-bond donors (Lipinski definition) is 1. The lowest BCUT2D eigenvalue weighted by molar-refractivity contribution is -0.113. The minimum Gasteiger partial charge on any atom is -0.325 e. The maximum Gasteiger partial charge on any atom is 0.234 e. The first-order valence-corrected chi connectivity index (χ1v) is 9.09. The number of rotatable bonds is 5. The minimum absolute atomic E-state index is 0.175. The molecule has 0 aliphatic carbocycles. The van der Waals surface area contributed by atoms with Gasteiger partial charge in [-0.3, -0.25) is 4.79 Å². The second-order valence-corrected chi connectivity index (χ2v) is 6.92. The van der Waals surface area contributed by atoms with Crippen LogP contribution in [-0.2, 0) is 4.79 Å². The molecule has 2 aromatic carbocycles. The molecule has 26 heavy (non-hydrogen) atoms. The zero-order chi connectivity index (χ0) is 18.5. The Morgan fingerprint density at radius 1 is 1.08 bits per heavy atom. The van der Waals surface area contributed by atoms with Gasteiger partial charge in [-0.25, -0.2) is 4.39 Å². The van der Waals surface area contributed by atoms with Crippen LogP contribution in [0.3, 0.4) is 0 Å². The fourth-order valence-electron chi connectivity index (χ4n) is 2.54. The summed E-state index contributed by atoms with van der Waals surface area (Å²) >= 11 is 1.28. The van der Waals surface area contributed by atoms with Gasteiger partial charge in [0.25, 0.3) is 0 Å². The predicted molar refractivity (Wildman–Crippen MR) is 103 cm³/mol. The van der Waals surface area contributed by atoms with E-state index < -0.39 is 0 Å². The molecule has 0 fully saturated rings. The van der Waals surface area contributed by atoms with E-state index in [2.05, 4.69) is 28.5 Å². The topological polar surface area (TPSA) is 54.9 Å². The molecule has 0 atom stereocenters. The second-order valence-electron chi connectivity index (χ2n) is 5.92. The zero-order valence-electron chi connectivity index (χ0n) is 14.5. The van der Waals surface area contributed by atoms with Crippen molar-refractivity contribution < 1.29 is 9.18 Å². The van der Waals surface area contributed by atoms with Crippen molar-refractivity contribution in [2.75, 3.05) is 11.1 Å². The van der Waals surface area contributed by atoms with E-state index in [4.69, 9.17) is 0 Å². The lowest BCUT2D eigenvalue weighted by Crippen LogP contribution is -2.14. The quantitative estimate of drug-likeness (QED) is 0.668. The molecule has 0 aliphatic rings. The van der Waals surface area contributed by atoms with E-state index in [9.17, 15) is 9.18 Å². The Morgan fingerprint density at radius 3 is 2.62 bits per heavy atom. The molecular weight excluding hydrogens is 349 g/mol. The van der Waals surface area contributed by atoms with Crippen molar-refractivity contribution >= 4 is 23.4 Å². The maximum atomic E-state index is 13.1. The summed E-state index contributed by atoms with van der Waals surface area (Å²) in [5.41, 5.74) is 4.64. The van der Waals surface area contributed by atoms with Crippen molar-refractivity contribution in [2.24, 2.45) is 0 Å². The average Bonchev–Trinajstić information content (AvgIpc) is 2.61. The van der Waals surface area contributed by atoms with Gasteiger partial charge >= 0.3 is 0 Å². The number of benzene rings is 2. The Labute approximate surface area is 155 Å². The monoisotopic (exact) mass is 367 g/mol.